The Hall–Kier alpha value is -0.0800. The summed E-state index contributed by atoms with van der Waals surface area (Å²) in [5.41, 5.74) is 6.20. The smallest absolute Gasteiger partial charge is 0.0569 e. The highest BCUT2D eigenvalue weighted by Crippen LogP contribution is 1.37. The largest absolute Gasteiger partial charge is 0.395 e. The second-order valence-electron chi connectivity index (χ2n) is 0.474. The Morgan fingerprint density at radius 2 is 2.00 bits per heavy atom. The fourth-order valence-electron chi connectivity index (χ4n) is 0. The summed E-state index contributed by atoms with van der Waals surface area (Å²) in [5, 5.41) is 7.69. The Balaban J connectivity index is 1.97. The number of aliphatic hydroxyl groups is 1. The molecule has 0 amide bonds. The summed E-state index contributed by atoms with van der Waals surface area (Å²) in [5.74, 6) is 0. The minimum atomic E-state index is -0.0139. The molecule has 0 atom stereocenters. The third kappa shape index (κ3) is 1.92. The fraction of sp³-hybridized carbons (Fsp3) is 1.00. The first-order valence-electron chi connectivity index (χ1n) is 1.17. The second kappa shape index (κ2) is 2.92. The predicted molar refractivity (Wildman–Crippen MR) is 15.0 cm³/mol. The monoisotopic (exact) mass is 60.0 g/mol. The van der Waals surface area contributed by atoms with Gasteiger partial charge in [0, 0.05) is 6.54 Å². The lowest BCUT2D eigenvalue weighted by Gasteiger charge is -1.69. The average Bonchev–Trinajstić information content (AvgIpc) is 1.37. The molecule has 0 spiro atoms. The van der Waals surface area contributed by atoms with Crippen molar-refractivity contribution < 1.29 is 5.11 Å². The lowest BCUT2D eigenvalue weighted by Crippen LogP contribution is -1.88. The standard InChI is InChI=1S/C2H6NO/c3-1-2-4/h3-4H,1-2H2. The van der Waals surface area contributed by atoms with E-state index in [0.717, 1.165) is 0 Å². The van der Waals surface area contributed by atoms with Crippen molar-refractivity contribution in [3.63, 3.8) is 0 Å². The van der Waals surface area contributed by atoms with Crippen LogP contribution < -0.4 is 5.73 Å². The zero-order chi connectivity index (χ0) is 3.41. The predicted octanol–water partition coefficient (Wildman–Crippen LogP) is -0.738. The Labute approximate surface area is 25.2 Å². The molecule has 2 nitrogen and oxygen atoms in total. The summed E-state index contributed by atoms with van der Waals surface area (Å²) in [4.78, 5) is 0. The Kier molecular flexibility index (Phi) is 2.86. The minimum absolute atomic E-state index is 0.0139. The maximum Gasteiger partial charge on any atom is 0.0569 e. The molecule has 0 aromatic heterocycles. The molecule has 0 fully saturated rings. The van der Waals surface area contributed by atoms with E-state index in [-0.39, 0.29) is 13.2 Å². The summed E-state index contributed by atoms with van der Waals surface area (Å²) in [6, 6.07) is 0. The van der Waals surface area contributed by atoms with Gasteiger partial charge in [0.1, 0.15) is 0 Å². The quantitative estimate of drug-likeness (QED) is 0.425. The van der Waals surface area contributed by atoms with Crippen LogP contribution in [-0.2, 0) is 0 Å². The molecule has 0 aliphatic carbocycles. The SMILES string of the molecule is [NH]CCO. The normalized spacial score (nSPS) is 7.50. The van der Waals surface area contributed by atoms with Crippen molar-refractivity contribution in [3.05, 3.63) is 0 Å². The van der Waals surface area contributed by atoms with Gasteiger partial charge < -0.3 is 5.11 Å². The molecule has 0 aromatic rings. The number of rotatable bonds is 1. The van der Waals surface area contributed by atoms with Crippen molar-refractivity contribution in [1.82, 2.24) is 5.73 Å². The van der Waals surface area contributed by atoms with Gasteiger partial charge in [-0.25, -0.2) is 0 Å². The molecular weight excluding hydrogens is 54.0 g/mol. The third-order valence-corrected chi connectivity index (χ3v) is 0.112. The van der Waals surface area contributed by atoms with Crippen LogP contribution in [0.1, 0.15) is 0 Å². The molecule has 1 radical (unpaired) electrons. The lowest BCUT2D eigenvalue weighted by atomic mass is 10.8. The number of hydrogen-bond acceptors (Lipinski definition) is 1. The highest BCUT2D eigenvalue weighted by Gasteiger charge is 1.57. The van der Waals surface area contributed by atoms with Crippen LogP contribution >= 0.6 is 0 Å². The van der Waals surface area contributed by atoms with E-state index >= 15 is 0 Å². The molecule has 0 rings (SSSR count). The van der Waals surface area contributed by atoms with Gasteiger partial charge >= 0.3 is 0 Å². The van der Waals surface area contributed by atoms with E-state index in [9.17, 15) is 0 Å². The van der Waals surface area contributed by atoms with Crippen LogP contribution in [0.15, 0.2) is 0 Å². The highest BCUT2D eigenvalue weighted by atomic mass is 16.3. The molecule has 0 aliphatic heterocycles. The Morgan fingerprint density at radius 1 is 1.75 bits per heavy atom. The second-order valence-corrected chi connectivity index (χ2v) is 0.474. The zero-order valence-electron chi connectivity index (χ0n) is 2.36. The van der Waals surface area contributed by atoms with E-state index in [4.69, 9.17) is 10.8 Å². The zero-order valence-corrected chi connectivity index (χ0v) is 2.36. The number of hydrogen-bond donors (Lipinski definition) is 1. The van der Waals surface area contributed by atoms with E-state index < -0.39 is 0 Å². The van der Waals surface area contributed by atoms with E-state index in [1.165, 1.54) is 0 Å². The molecule has 0 saturated heterocycles. The minimum Gasteiger partial charge on any atom is -0.395 e. The fourth-order valence-corrected chi connectivity index (χ4v) is 0. The van der Waals surface area contributed by atoms with E-state index in [2.05, 4.69) is 0 Å². The molecule has 25 valence electrons. The van der Waals surface area contributed by atoms with Crippen LogP contribution in [0, 0.1) is 0 Å². The van der Waals surface area contributed by atoms with Crippen LogP contribution in [0.2, 0.25) is 0 Å². The van der Waals surface area contributed by atoms with E-state index in [1.54, 1.807) is 0 Å². The van der Waals surface area contributed by atoms with Gasteiger partial charge in [0.15, 0.2) is 0 Å². The molecule has 0 aromatic carbocycles. The van der Waals surface area contributed by atoms with Crippen LogP contribution in [0.4, 0.5) is 0 Å². The van der Waals surface area contributed by atoms with Crippen molar-refractivity contribution in [2.75, 3.05) is 13.2 Å². The molecule has 4 heavy (non-hydrogen) atoms. The highest BCUT2D eigenvalue weighted by molar-refractivity contribution is 4.16. The van der Waals surface area contributed by atoms with E-state index in [1.807, 2.05) is 0 Å². The molecule has 0 unspecified atom stereocenters. The number of aliphatic hydroxyl groups excluding tert-OH is 1. The molecule has 2 N–H and O–H groups in total. The lowest BCUT2D eigenvalue weighted by molar-refractivity contribution is 0.304. The summed E-state index contributed by atoms with van der Waals surface area (Å²) in [6.07, 6.45) is 0. The van der Waals surface area contributed by atoms with Gasteiger partial charge in [-0.1, -0.05) is 0 Å². The van der Waals surface area contributed by atoms with Crippen LogP contribution in [0.3, 0.4) is 0 Å². The first-order chi connectivity index (χ1) is 1.91. The van der Waals surface area contributed by atoms with Gasteiger partial charge in [-0.05, 0) is 0 Å². The van der Waals surface area contributed by atoms with Gasteiger partial charge in [0.25, 0.3) is 0 Å². The summed E-state index contributed by atoms with van der Waals surface area (Å²) < 4.78 is 0. The van der Waals surface area contributed by atoms with Crippen molar-refractivity contribution in [1.29, 1.82) is 0 Å². The Morgan fingerprint density at radius 3 is 2.00 bits per heavy atom. The first-order valence-corrected chi connectivity index (χ1v) is 1.17. The van der Waals surface area contributed by atoms with Crippen molar-refractivity contribution in [2.45, 2.75) is 0 Å². The van der Waals surface area contributed by atoms with Crippen LogP contribution in [0.5, 0.6) is 0 Å². The van der Waals surface area contributed by atoms with Crippen LogP contribution in [0.25, 0.3) is 0 Å². The molecule has 0 saturated carbocycles. The maximum atomic E-state index is 7.69. The molecule has 0 bridgehead atoms. The summed E-state index contributed by atoms with van der Waals surface area (Å²) in [6.45, 7) is 0.111. The number of nitrogens with one attached hydrogen (secondary N) is 1. The summed E-state index contributed by atoms with van der Waals surface area (Å²) in [7, 11) is 0. The van der Waals surface area contributed by atoms with Gasteiger partial charge in [-0.15, -0.1) is 0 Å². The van der Waals surface area contributed by atoms with Crippen molar-refractivity contribution in [2.24, 2.45) is 0 Å². The molecular formula is C2H6NO. The average molecular weight is 60.1 g/mol. The molecule has 2 heteroatoms. The summed E-state index contributed by atoms with van der Waals surface area (Å²) >= 11 is 0. The maximum absolute atomic E-state index is 7.69. The molecule has 0 aliphatic rings. The van der Waals surface area contributed by atoms with Crippen LogP contribution in [-0.4, -0.2) is 18.3 Å². The Bertz CT molecular complexity index is 8.00. The molecule has 0 heterocycles. The van der Waals surface area contributed by atoms with Gasteiger partial charge in [-0.2, -0.15) is 0 Å². The van der Waals surface area contributed by atoms with Gasteiger partial charge in [0.05, 0.1) is 6.61 Å². The van der Waals surface area contributed by atoms with Gasteiger partial charge in [-0.3, -0.25) is 5.73 Å². The van der Waals surface area contributed by atoms with Crippen molar-refractivity contribution in [3.8, 4) is 0 Å². The van der Waals surface area contributed by atoms with Gasteiger partial charge in [0.2, 0.25) is 0 Å². The van der Waals surface area contributed by atoms with Crippen molar-refractivity contribution >= 4 is 0 Å². The topological polar surface area (TPSA) is 44.0 Å². The van der Waals surface area contributed by atoms with E-state index in [0.29, 0.717) is 0 Å². The first kappa shape index (κ1) is 3.92. The third-order valence-electron chi connectivity index (χ3n) is 0.112.